The molecule has 9 heteroatoms. The Labute approximate surface area is 197 Å². The Hall–Kier alpha value is -2.71. The number of hydrogen-bond donors (Lipinski definition) is 2. The first-order chi connectivity index (χ1) is 16.1. The zero-order valence-corrected chi connectivity index (χ0v) is 19.8. The van der Waals surface area contributed by atoms with E-state index in [0.29, 0.717) is 5.56 Å². The molecule has 0 radical (unpaired) electrons. The SMILES string of the molecule is Cc1ccc(S(=O)(=O)OCC2O[C@@H]3OC(C)(C)OC3[C@]2(O)C#Cc2c[nH]c3ccccc23)cc1. The molecule has 5 rings (SSSR count). The molecule has 0 saturated carbocycles. The minimum absolute atomic E-state index is 0.0124. The normalized spacial score (nSPS) is 27.9. The predicted molar refractivity (Wildman–Crippen MR) is 123 cm³/mol. The summed E-state index contributed by atoms with van der Waals surface area (Å²) >= 11 is 0. The molecule has 2 aromatic carbocycles. The maximum absolute atomic E-state index is 12.7. The van der Waals surface area contributed by atoms with Gasteiger partial charge in [-0.25, -0.2) is 0 Å². The van der Waals surface area contributed by atoms with E-state index in [1.165, 1.54) is 12.1 Å². The number of hydrogen-bond acceptors (Lipinski definition) is 7. The first kappa shape index (κ1) is 23.1. The molecule has 0 spiro atoms. The van der Waals surface area contributed by atoms with E-state index >= 15 is 0 Å². The Morgan fingerprint density at radius 2 is 1.85 bits per heavy atom. The number of para-hydroxylation sites is 1. The van der Waals surface area contributed by atoms with E-state index in [1.54, 1.807) is 32.2 Å². The van der Waals surface area contributed by atoms with Gasteiger partial charge in [0.2, 0.25) is 0 Å². The van der Waals surface area contributed by atoms with Crippen molar-refractivity contribution in [2.45, 2.75) is 55.6 Å². The van der Waals surface area contributed by atoms with Gasteiger partial charge in [-0.15, -0.1) is 0 Å². The summed E-state index contributed by atoms with van der Waals surface area (Å²) in [5.74, 6) is 4.88. The molecule has 4 atom stereocenters. The summed E-state index contributed by atoms with van der Waals surface area (Å²) in [4.78, 5) is 3.15. The van der Waals surface area contributed by atoms with Gasteiger partial charge in [0.1, 0.15) is 6.10 Å². The van der Waals surface area contributed by atoms with Crippen molar-refractivity contribution in [3.63, 3.8) is 0 Å². The molecule has 0 bridgehead atoms. The van der Waals surface area contributed by atoms with Crippen molar-refractivity contribution < 1.29 is 31.9 Å². The summed E-state index contributed by atoms with van der Waals surface area (Å²) in [6, 6.07) is 13.9. The first-order valence-electron chi connectivity index (χ1n) is 10.9. The largest absolute Gasteiger partial charge is 0.372 e. The number of aryl methyl sites for hydroxylation is 1. The Morgan fingerprint density at radius 3 is 2.62 bits per heavy atom. The van der Waals surface area contributed by atoms with E-state index in [4.69, 9.17) is 18.4 Å². The number of aromatic amines is 1. The van der Waals surface area contributed by atoms with Gasteiger partial charge in [-0.1, -0.05) is 47.7 Å². The van der Waals surface area contributed by atoms with E-state index in [2.05, 4.69) is 16.8 Å². The molecule has 2 unspecified atom stereocenters. The van der Waals surface area contributed by atoms with Gasteiger partial charge < -0.3 is 24.3 Å². The highest BCUT2D eigenvalue weighted by Gasteiger charge is 2.63. The number of aromatic nitrogens is 1. The van der Waals surface area contributed by atoms with Gasteiger partial charge in [-0.05, 0) is 39.0 Å². The third-order valence-electron chi connectivity index (χ3n) is 5.95. The van der Waals surface area contributed by atoms with Crippen molar-refractivity contribution in [2.75, 3.05) is 6.61 Å². The van der Waals surface area contributed by atoms with Crippen molar-refractivity contribution in [2.24, 2.45) is 0 Å². The highest BCUT2D eigenvalue weighted by atomic mass is 32.2. The molecule has 2 saturated heterocycles. The van der Waals surface area contributed by atoms with Crippen LogP contribution in [-0.2, 0) is 28.5 Å². The zero-order valence-electron chi connectivity index (χ0n) is 18.9. The van der Waals surface area contributed by atoms with Crippen LogP contribution >= 0.6 is 0 Å². The van der Waals surface area contributed by atoms with E-state index < -0.39 is 46.6 Å². The molecule has 34 heavy (non-hydrogen) atoms. The molecule has 3 aromatic rings. The van der Waals surface area contributed by atoms with Crippen LogP contribution in [0, 0.1) is 18.8 Å². The smallest absolute Gasteiger partial charge is 0.297 e. The second-order valence-corrected chi connectivity index (χ2v) is 10.5. The summed E-state index contributed by atoms with van der Waals surface area (Å²) in [7, 11) is -4.07. The van der Waals surface area contributed by atoms with Crippen molar-refractivity contribution in [3.8, 4) is 11.8 Å². The topological polar surface area (TPSA) is 107 Å². The van der Waals surface area contributed by atoms with Crippen LogP contribution in [0.4, 0.5) is 0 Å². The Balaban J connectivity index is 1.44. The predicted octanol–water partition coefficient (Wildman–Crippen LogP) is 2.84. The zero-order chi connectivity index (χ0) is 24.1. The van der Waals surface area contributed by atoms with E-state index in [-0.39, 0.29) is 4.90 Å². The van der Waals surface area contributed by atoms with E-state index in [9.17, 15) is 13.5 Å². The third kappa shape index (κ3) is 4.14. The minimum atomic E-state index is -4.07. The average molecular weight is 484 g/mol. The molecule has 178 valence electrons. The summed E-state index contributed by atoms with van der Waals surface area (Å²) in [6.07, 6.45) is -1.25. The number of ether oxygens (including phenoxy) is 3. The Morgan fingerprint density at radius 1 is 1.12 bits per heavy atom. The van der Waals surface area contributed by atoms with Crippen LogP contribution in [0.3, 0.4) is 0 Å². The first-order valence-corrected chi connectivity index (χ1v) is 12.3. The molecular formula is C25H25NO7S. The maximum Gasteiger partial charge on any atom is 0.297 e. The summed E-state index contributed by atoms with van der Waals surface area (Å²) in [5, 5.41) is 12.5. The molecular weight excluding hydrogens is 458 g/mol. The van der Waals surface area contributed by atoms with Gasteiger partial charge >= 0.3 is 0 Å². The third-order valence-corrected chi connectivity index (χ3v) is 7.25. The molecule has 2 fully saturated rings. The summed E-state index contributed by atoms with van der Waals surface area (Å²) < 4.78 is 48.1. The lowest BCUT2D eigenvalue weighted by molar-refractivity contribution is -0.224. The number of nitrogens with one attached hydrogen (secondary N) is 1. The van der Waals surface area contributed by atoms with Gasteiger partial charge in [-0.3, -0.25) is 4.18 Å². The fraction of sp³-hybridized carbons (Fsp3) is 0.360. The van der Waals surface area contributed by atoms with E-state index in [1.807, 2.05) is 31.2 Å². The fourth-order valence-electron chi connectivity index (χ4n) is 4.16. The number of benzene rings is 2. The van der Waals surface area contributed by atoms with Crippen LogP contribution in [0.5, 0.6) is 0 Å². The number of rotatable bonds is 4. The van der Waals surface area contributed by atoms with Crippen LogP contribution < -0.4 is 0 Å². The van der Waals surface area contributed by atoms with Crippen LogP contribution in [0.25, 0.3) is 10.9 Å². The molecule has 0 amide bonds. The second-order valence-electron chi connectivity index (χ2n) is 8.92. The standard InChI is InChI=1S/C25H25NO7S/c1-16-8-10-18(11-9-16)34(28,29)30-15-21-25(27,22-23(31-21)33-24(2,3)32-22)13-12-17-14-26-20-7-5-4-6-19(17)20/h4-11,14,21-23,26-27H,15H2,1-3H3/t21?,22?,23-,25+/m1/s1. The van der Waals surface area contributed by atoms with Crippen molar-refractivity contribution in [1.29, 1.82) is 0 Å². The lowest BCUT2D eigenvalue weighted by Crippen LogP contribution is -2.49. The van der Waals surface area contributed by atoms with Gasteiger partial charge in [0, 0.05) is 22.7 Å². The van der Waals surface area contributed by atoms with Gasteiger partial charge in [0.25, 0.3) is 10.1 Å². The number of aliphatic hydroxyl groups is 1. The van der Waals surface area contributed by atoms with Crippen LogP contribution in [-0.4, -0.2) is 55.0 Å². The highest BCUT2D eigenvalue weighted by Crippen LogP contribution is 2.43. The summed E-state index contributed by atoms with van der Waals surface area (Å²) in [5.41, 5.74) is 0.631. The van der Waals surface area contributed by atoms with Gasteiger partial charge in [0.05, 0.1) is 11.5 Å². The average Bonchev–Trinajstić information content (AvgIpc) is 3.42. The van der Waals surface area contributed by atoms with Crippen LogP contribution in [0.15, 0.2) is 59.6 Å². The lowest BCUT2D eigenvalue weighted by Gasteiger charge is -2.29. The molecule has 0 aliphatic carbocycles. The van der Waals surface area contributed by atoms with Crippen molar-refractivity contribution in [3.05, 3.63) is 65.9 Å². The lowest BCUT2D eigenvalue weighted by atomic mass is 9.93. The number of H-pyrrole nitrogens is 1. The number of fused-ring (bicyclic) bond motifs is 2. The molecule has 2 aliphatic rings. The Bertz CT molecular complexity index is 1380. The van der Waals surface area contributed by atoms with Crippen LogP contribution in [0.1, 0.15) is 25.0 Å². The van der Waals surface area contributed by atoms with Crippen molar-refractivity contribution in [1.82, 2.24) is 4.98 Å². The highest BCUT2D eigenvalue weighted by molar-refractivity contribution is 7.86. The molecule has 2 aliphatic heterocycles. The summed E-state index contributed by atoms with van der Waals surface area (Å²) in [6.45, 7) is 4.80. The molecule has 2 N–H and O–H groups in total. The van der Waals surface area contributed by atoms with Crippen LogP contribution in [0.2, 0.25) is 0 Å². The molecule has 1 aromatic heterocycles. The Kier molecular flexibility index (Phi) is 5.56. The molecule has 3 heterocycles. The van der Waals surface area contributed by atoms with E-state index in [0.717, 1.165) is 16.5 Å². The van der Waals surface area contributed by atoms with Gasteiger partial charge in [0.15, 0.2) is 23.8 Å². The van der Waals surface area contributed by atoms with Gasteiger partial charge in [-0.2, -0.15) is 8.42 Å². The minimum Gasteiger partial charge on any atom is -0.372 e. The fourth-order valence-corrected chi connectivity index (χ4v) is 5.07. The second kappa shape index (κ2) is 8.20. The molecule has 8 nitrogen and oxygen atoms in total. The maximum atomic E-state index is 12.7. The van der Waals surface area contributed by atoms with Crippen molar-refractivity contribution >= 4 is 21.0 Å². The monoisotopic (exact) mass is 483 g/mol. The quantitative estimate of drug-likeness (QED) is 0.434.